The van der Waals surface area contributed by atoms with Gasteiger partial charge in [-0.2, -0.15) is 13.2 Å². The highest BCUT2D eigenvalue weighted by Gasteiger charge is 2.30. The fraction of sp³-hybridized carbons (Fsp3) is 0.611. The second kappa shape index (κ2) is 11.4. The summed E-state index contributed by atoms with van der Waals surface area (Å²) in [6.45, 7) is 7.66. The van der Waals surface area contributed by atoms with E-state index in [4.69, 9.17) is 5.73 Å². The second-order valence-electron chi connectivity index (χ2n) is 6.00. The van der Waals surface area contributed by atoms with E-state index < -0.39 is 17.8 Å². The van der Waals surface area contributed by atoms with Crippen LogP contribution in [0.3, 0.4) is 0 Å². The van der Waals surface area contributed by atoms with Gasteiger partial charge < -0.3 is 11.1 Å². The molecule has 0 bridgehead atoms. The zero-order valence-electron chi connectivity index (χ0n) is 15.5. The summed E-state index contributed by atoms with van der Waals surface area (Å²) in [6.07, 6.45) is -2.95. The van der Waals surface area contributed by atoms with Gasteiger partial charge in [0.2, 0.25) is 5.91 Å². The third-order valence-electron chi connectivity index (χ3n) is 4.28. The molecule has 0 heterocycles. The number of halogens is 4. The van der Waals surface area contributed by atoms with Gasteiger partial charge in [0.15, 0.2) is 0 Å². The van der Waals surface area contributed by atoms with Crippen molar-refractivity contribution in [1.82, 2.24) is 10.2 Å². The van der Waals surface area contributed by atoms with Crippen molar-refractivity contribution in [3.05, 3.63) is 35.4 Å². The molecular formula is C18H29ClF3N3O. The summed E-state index contributed by atoms with van der Waals surface area (Å²) < 4.78 is 38.2. The van der Waals surface area contributed by atoms with Gasteiger partial charge in [0, 0.05) is 6.54 Å². The minimum Gasteiger partial charge on any atom is -0.353 e. The highest BCUT2D eigenvalue weighted by atomic mass is 35.5. The first-order valence-electron chi connectivity index (χ1n) is 8.69. The Morgan fingerprint density at radius 2 is 1.69 bits per heavy atom. The van der Waals surface area contributed by atoms with Crippen LogP contribution in [0.4, 0.5) is 13.2 Å². The van der Waals surface area contributed by atoms with Crippen molar-refractivity contribution in [3.63, 3.8) is 0 Å². The second-order valence-corrected chi connectivity index (χ2v) is 6.00. The number of benzene rings is 1. The Bertz CT molecular complexity index is 533. The van der Waals surface area contributed by atoms with E-state index in [0.717, 1.165) is 37.2 Å². The van der Waals surface area contributed by atoms with Gasteiger partial charge in [-0.3, -0.25) is 9.69 Å². The SMILES string of the molecule is CCCC(N)C(=O)NCC(c1ccc(C(F)(F)F)cc1)N(CC)CC.Cl. The van der Waals surface area contributed by atoms with Crippen LogP contribution in [0.25, 0.3) is 0 Å². The number of hydrogen-bond donors (Lipinski definition) is 2. The highest BCUT2D eigenvalue weighted by Crippen LogP contribution is 2.30. The maximum atomic E-state index is 12.7. The molecule has 1 aromatic carbocycles. The topological polar surface area (TPSA) is 58.4 Å². The molecule has 1 rings (SSSR count). The zero-order chi connectivity index (χ0) is 19.0. The van der Waals surface area contributed by atoms with E-state index in [2.05, 4.69) is 10.2 Å². The van der Waals surface area contributed by atoms with Crippen molar-refractivity contribution in [1.29, 1.82) is 0 Å². The highest BCUT2D eigenvalue weighted by molar-refractivity contribution is 5.85. The van der Waals surface area contributed by atoms with Crippen molar-refractivity contribution in [2.45, 2.75) is 51.9 Å². The molecule has 0 spiro atoms. The Kier molecular flexibility index (Phi) is 10.8. The molecule has 0 aromatic heterocycles. The third kappa shape index (κ3) is 7.13. The van der Waals surface area contributed by atoms with Crippen LogP contribution in [0.1, 0.15) is 50.8 Å². The van der Waals surface area contributed by atoms with E-state index in [1.165, 1.54) is 12.1 Å². The molecule has 0 radical (unpaired) electrons. The molecule has 0 aliphatic carbocycles. The predicted molar refractivity (Wildman–Crippen MR) is 100 cm³/mol. The first kappa shape index (κ1) is 24.7. The van der Waals surface area contributed by atoms with Crippen LogP contribution in [0.15, 0.2) is 24.3 Å². The van der Waals surface area contributed by atoms with E-state index in [0.29, 0.717) is 13.0 Å². The van der Waals surface area contributed by atoms with E-state index in [9.17, 15) is 18.0 Å². The van der Waals surface area contributed by atoms with E-state index in [1.807, 2.05) is 20.8 Å². The van der Waals surface area contributed by atoms with Crippen LogP contribution in [0.5, 0.6) is 0 Å². The lowest BCUT2D eigenvalue weighted by molar-refractivity contribution is -0.137. The monoisotopic (exact) mass is 395 g/mol. The molecule has 0 saturated heterocycles. The molecule has 0 saturated carbocycles. The van der Waals surface area contributed by atoms with Gasteiger partial charge in [0.25, 0.3) is 0 Å². The Hall–Kier alpha value is -1.31. The largest absolute Gasteiger partial charge is 0.416 e. The van der Waals surface area contributed by atoms with Crippen molar-refractivity contribution < 1.29 is 18.0 Å². The number of nitrogens with one attached hydrogen (secondary N) is 1. The molecule has 4 nitrogen and oxygen atoms in total. The summed E-state index contributed by atoms with van der Waals surface area (Å²) in [5.74, 6) is -0.231. The molecule has 1 amide bonds. The predicted octanol–water partition coefficient (Wildman–Crippen LogP) is 3.75. The number of nitrogens with two attached hydrogens (primary N) is 1. The van der Waals surface area contributed by atoms with Gasteiger partial charge in [0.1, 0.15) is 0 Å². The summed E-state index contributed by atoms with van der Waals surface area (Å²) in [5, 5.41) is 2.83. The standard InChI is InChI=1S/C18H28F3N3O.ClH/c1-4-7-15(22)17(25)23-12-16(24(5-2)6-3)13-8-10-14(11-9-13)18(19,20)21;/h8-11,15-16H,4-7,12,22H2,1-3H3,(H,23,25);1H. The van der Waals surface area contributed by atoms with Gasteiger partial charge in [-0.1, -0.05) is 39.3 Å². The van der Waals surface area contributed by atoms with Crippen LogP contribution in [-0.4, -0.2) is 36.5 Å². The number of nitrogens with zero attached hydrogens (tertiary/aromatic N) is 1. The van der Waals surface area contributed by atoms with Crippen molar-refractivity contribution in [2.75, 3.05) is 19.6 Å². The van der Waals surface area contributed by atoms with E-state index in [-0.39, 0.29) is 24.4 Å². The molecule has 8 heteroatoms. The lowest BCUT2D eigenvalue weighted by atomic mass is 10.0. The number of alkyl halides is 3. The quantitative estimate of drug-likeness (QED) is 0.669. The summed E-state index contributed by atoms with van der Waals surface area (Å²) in [4.78, 5) is 14.1. The Balaban J connectivity index is 0.00000625. The number of rotatable bonds is 9. The van der Waals surface area contributed by atoms with Gasteiger partial charge in [-0.15, -0.1) is 12.4 Å². The zero-order valence-corrected chi connectivity index (χ0v) is 16.3. The normalized spacial score (nSPS) is 13.8. The molecule has 0 fully saturated rings. The lowest BCUT2D eigenvalue weighted by Gasteiger charge is -2.31. The van der Waals surface area contributed by atoms with Crippen LogP contribution in [0.2, 0.25) is 0 Å². The molecular weight excluding hydrogens is 367 g/mol. The fourth-order valence-electron chi connectivity index (χ4n) is 2.79. The summed E-state index contributed by atoms with van der Waals surface area (Å²) in [7, 11) is 0. The number of carbonyl (C=O) groups is 1. The lowest BCUT2D eigenvalue weighted by Crippen LogP contribution is -2.44. The molecule has 0 aliphatic heterocycles. The van der Waals surface area contributed by atoms with Gasteiger partial charge in [-0.05, 0) is 37.2 Å². The maximum absolute atomic E-state index is 12.7. The number of likely N-dealkylation sites (N-methyl/N-ethyl adjacent to an activating group) is 1. The smallest absolute Gasteiger partial charge is 0.353 e. The molecule has 2 atom stereocenters. The molecule has 26 heavy (non-hydrogen) atoms. The summed E-state index contributed by atoms with van der Waals surface area (Å²) in [6, 6.07) is 4.35. The van der Waals surface area contributed by atoms with Crippen molar-refractivity contribution in [3.8, 4) is 0 Å². The van der Waals surface area contributed by atoms with Gasteiger partial charge >= 0.3 is 6.18 Å². The van der Waals surface area contributed by atoms with Crippen LogP contribution in [0, 0.1) is 0 Å². The maximum Gasteiger partial charge on any atom is 0.416 e. The van der Waals surface area contributed by atoms with Crippen LogP contribution >= 0.6 is 12.4 Å². The molecule has 2 unspecified atom stereocenters. The van der Waals surface area contributed by atoms with Gasteiger partial charge in [-0.25, -0.2) is 0 Å². The van der Waals surface area contributed by atoms with Crippen LogP contribution < -0.4 is 11.1 Å². The average Bonchev–Trinajstić information content (AvgIpc) is 2.58. The number of carbonyl (C=O) groups excluding carboxylic acids is 1. The Labute approximate surface area is 159 Å². The molecule has 150 valence electrons. The average molecular weight is 396 g/mol. The number of amides is 1. The van der Waals surface area contributed by atoms with Crippen LogP contribution in [-0.2, 0) is 11.0 Å². The minimum absolute atomic E-state index is 0. The fourth-order valence-corrected chi connectivity index (χ4v) is 2.79. The van der Waals surface area contributed by atoms with Crippen molar-refractivity contribution in [2.24, 2.45) is 5.73 Å². The third-order valence-corrected chi connectivity index (χ3v) is 4.28. The first-order chi connectivity index (χ1) is 11.7. The Morgan fingerprint density at radius 1 is 1.15 bits per heavy atom. The number of hydrogen-bond acceptors (Lipinski definition) is 3. The molecule has 1 aromatic rings. The molecule has 3 N–H and O–H groups in total. The Morgan fingerprint density at radius 3 is 2.12 bits per heavy atom. The van der Waals surface area contributed by atoms with Gasteiger partial charge in [0.05, 0.1) is 17.6 Å². The summed E-state index contributed by atoms with van der Waals surface area (Å²) >= 11 is 0. The molecule has 0 aliphatic rings. The van der Waals surface area contributed by atoms with Crippen molar-refractivity contribution >= 4 is 18.3 Å². The van der Waals surface area contributed by atoms with E-state index >= 15 is 0 Å². The minimum atomic E-state index is -4.36. The van der Waals surface area contributed by atoms with E-state index in [1.54, 1.807) is 0 Å². The summed E-state index contributed by atoms with van der Waals surface area (Å²) in [5.41, 5.74) is 5.87. The first-order valence-corrected chi connectivity index (χ1v) is 8.69.